The van der Waals surface area contributed by atoms with E-state index in [0.29, 0.717) is 13.2 Å². The largest absolute Gasteiger partial charge is 1.00 e. The topological polar surface area (TPSA) is 260 Å². The third kappa shape index (κ3) is 17.4. The first-order valence-electron chi connectivity index (χ1n) is 23.2. The molecular weight excluding hydrogens is 1030 g/mol. The second-order valence-electron chi connectivity index (χ2n) is 18.4. The van der Waals surface area contributed by atoms with Crippen LogP contribution in [0.3, 0.4) is 0 Å². The quantitative estimate of drug-likeness (QED) is 0.0710. The number of benzene rings is 4. The van der Waals surface area contributed by atoms with Gasteiger partial charge in [-0.05, 0) is 117 Å². The second kappa shape index (κ2) is 28.8. The van der Waals surface area contributed by atoms with E-state index in [1.807, 2.05) is 84.4 Å². The Labute approximate surface area is 454 Å². The Hall–Kier alpha value is -4.21. The number of aliphatic hydroxyl groups excluding tert-OH is 1. The van der Waals surface area contributed by atoms with E-state index < -0.39 is 80.2 Å². The van der Waals surface area contributed by atoms with E-state index in [-0.39, 0.29) is 91.2 Å². The molecule has 0 spiro atoms. The summed E-state index contributed by atoms with van der Waals surface area (Å²) in [5, 5.41) is 9.70. The van der Waals surface area contributed by atoms with Gasteiger partial charge in [0.1, 0.15) is 10.6 Å². The van der Waals surface area contributed by atoms with Crippen molar-refractivity contribution in [2.24, 2.45) is 0 Å². The van der Waals surface area contributed by atoms with E-state index in [2.05, 4.69) is 9.46 Å². The summed E-state index contributed by atoms with van der Waals surface area (Å²) >= 11 is 0. The average molecular weight is 1100 g/mol. The molecular formula is C51H71BLiN2O15S4. The van der Waals surface area contributed by atoms with Gasteiger partial charge < -0.3 is 20.7 Å². The summed E-state index contributed by atoms with van der Waals surface area (Å²) in [4.78, 5) is 37.3. The van der Waals surface area contributed by atoms with E-state index in [4.69, 9.17) is 9.47 Å². The van der Waals surface area contributed by atoms with Gasteiger partial charge in [0.05, 0.1) is 59.4 Å². The molecule has 403 valence electrons. The van der Waals surface area contributed by atoms with Gasteiger partial charge in [-0.15, -0.1) is 0 Å². The van der Waals surface area contributed by atoms with E-state index in [1.54, 1.807) is 14.2 Å². The van der Waals surface area contributed by atoms with Gasteiger partial charge in [0, 0.05) is 29.1 Å². The van der Waals surface area contributed by atoms with Gasteiger partial charge >= 0.3 is 24.8 Å². The molecule has 0 saturated carbocycles. The summed E-state index contributed by atoms with van der Waals surface area (Å²) in [5.41, 5.74) is 6.73. The van der Waals surface area contributed by atoms with Crippen molar-refractivity contribution in [2.75, 3.05) is 39.9 Å². The number of methoxy groups -OCH3 is 3. The maximum atomic E-state index is 13.2. The molecule has 0 aliphatic heterocycles. The first-order chi connectivity index (χ1) is 33.4. The Balaban J connectivity index is 0.00000141. The minimum atomic E-state index is -4.53. The number of amides is 1. The number of nitrogens with one attached hydrogen (secondary N) is 2. The van der Waals surface area contributed by atoms with Gasteiger partial charge in [-0.3, -0.25) is 9.59 Å². The Morgan fingerprint density at radius 3 is 1.43 bits per heavy atom. The Kier molecular flexibility index (Phi) is 26.4. The predicted molar refractivity (Wildman–Crippen MR) is 281 cm³/mol. The number of esters is 1. The molecule has 1 amide bonds. The van der Waals surface area contributed by atoms with Crippen LogP contribution < -0.4 is 28.3 Å². The first kappa shape index (κ1) is 67.8. The summed E-state index contributed by atoms with van der Waals surface area (Å²) in [5.74, 6) is -2.95. The van der Waals surface area contributed by atoms with Crippen molar-refractivity contribution in [2.45, 2.75) is 138 Å². The molecule has 74 heavy (non-hydrogen) atoms. The molecule has 0 aliphatic rings. The SMILES string of the molecule is CCS(=O)(=O)c1ccc(S(=O)(=O)NC(=O)Cc2c(C(C)C)cc(COC)cc2C(C)C)c(C(=O)OC)c1.CNS(=O)(=O)c1ccc(S(=O)(=O)CC(=O)Cc2c(C(C)C)cc(COC)cc2C(C)C)c(CO)c1.[B].[H-].[Li+]. The van der Waals surface area contributed by atoms with Crippen LogP contribution in [0.1, 0.15) is 148 Å². The second-order valence-corrected chi connectivity index (χ2v) is 26.1. The van der Waals surface area contributed by atoms with Gasteiger partial charge in [-0.1, -0.05) is 86.6 Å². The number of ether oxygens (including phenoxy) is 3. The van der Waals surface area contributed by atoms with E-state index in [0.717, 1.165) is 88.0 Å². The minimum absolute atomic E-state index is 0. The number of hydrogen-bond donors (Lipinski definition) is 3. The van der Waals surface area contributed by atoms with Gasteiger partial charge in [-0.2, -0.15) is 0 Å². The molecule has 17 nitrogen and oxygen atoms in total. The number of sulfone groups is 2. The number of ketones is 1. The molecule has 0 fully saturated rings. The number of carbonyl (C=O) groups excluding carboxylic acids is 3. The van der Waals surface area contributed by atoms with Gasteiger partial charge in [0.2, 0.25) is 15.9 Å². The van der Waals surface area contributed by atoms with Crippen LogP contribution in [0.4, 0.5) is 0 Å². The molecule has 0 aliphatic carbocycles. The molecule has 4 aromatic rings. The van der Waals surface area contributed by atoms with Crippen LogP contribution in [0, 0.1) is 0 Å². The first-order valence-corrected chi connectivity index (χ1v) is 29.4. The molecule has 0 unspecified atom stereocenters. The van der Waals surface area contributed by atoms with Crippen molar-refractivity contribution in [3.8, 4) is 0 Å². The Bertz CT molecular complexity index is 3040. The number of aliphatic hydroxyl groups is 1. The zero-order valence-electron chi connectivity index (χ0n) is 45.9. The molecule has 3 N–H and O–H groups in total. The van der Waals surface area contributed by atoms with E-state index >= 15 is 0 Å². The molecule has 0 atom stereocenters. The van der Waals surface area contributed by atoms with E-state index in [1.165, 1.54) is 14.0 Å². The maximum Gasteiger partial charge on any atom is 1.00 e. The van der Waals surface area contributed by atoms with Crippen molar-refractivity contribution in [3.63, 3.8) is 0 Å². The third-order valence-corrected chi connectivity index (χ3v) is 18.0. The standard InChI is InChI=1S/C26H35NO8S2.C25H35NO7S2.B.Li.H/c1-8-36(30,31)19-9-10-24(23(13-19)26(29)35-7)37(32,33)27-25(28)14-22-20(16(2)3)11-18(15-34-6)12-21(22)17(4)5;1-16(2)22-9-18(14-33-6)10-23(17(3)4)24(22)12-20(28)15-34(29,30)25-8-7-21(11-19(25)13-27)35(31,32)26-5;;;/h9-13,16-17H,8,14-15H2,1-7H3,(H,27,28);7-11,16-17,26-27H,12-15H2,1-6H3;;;/q;;;+1;-1. The molecule has 23 heteroatoms. The van der Waals surface area contributed by atoms with Gasteiger partial charge in [0.15, 0.2) is 25.5 Å². The number of Topliss-reactive ketones (excluding diaryl/α,β-unsaturated/α-hetero) is 1. The monoisotopic (exact) mass is 1100 g/mol. The normalized spacial score (nSPS) is 12.0. The molecule has 0 saturated heterocycles. The van der Waals surface area contributed by atoms with Crippen LogP contribution in [-0.4, -0.2) is 105 Å². The molecule has 4 aromatic carbocycles. The van der Waals surface area contributed by atoms with Crippen LogP contribution >= 0.6 is 0 Å². The van der Waals surface area contributed by atoms with Crippen molar-refractivity contribution in [1.82, 2.24) is 9.44 Å². The zero-order chi connectivity index (χ0) is 54.7. The van der Waals surface area contributed by atoms with Crippen molar-refractivity contribution in [1.29, 1.82) is 0 Å². The van der Waals surface area contributed by atoms with Crippen LogP contribution in [0.5, 0.6) is 0 Å². The summed E-state index contributed by atoms with van der Waals surface area (Å²) < 4.78 is 121. The Morgan fingerprint density at radius 1 is 0.608 bits per heavy atom. The fourth-order valence-electron chi connectivity index (χ4n) is 8.11. The summed E-state index contributed by atoms with van der Waals surface area (Å²) in [7, 11) is -10.7. The minimum Gasteiger partial charge on any atom is -1.00 e. The molecule has 4 rings (SSSR count). The van der Waals surface area contributed by atoms with Crippen LogP contribution in [0.15, 0.2) is 80.2 Å². The third-order valence-electron chi connectivity index (χ3n) is 11.7. The fourth-order valence-corrected chi connectivity index (χ4v) is 12.4. The van der Waals surface area contributed by atoms with Gasteiger partial charge in [-0.25, -0.2) is 47.9 Å². The van der Waals surface area contributed by atoms with Crippen molar-refractivity contribution in [3.05, 3.63) is 116 Å². The maximum absolute atomic E-state index is 13.2. The van der Waals surface area contributed by atoms with Gasteiger partial charge in [0.25, 0.3) is 10.0 Å². The Morgan fingerprint density at radius 2 is 1.04 bits per heavy atom. The molecule has 0 bridgehead atoms. The summed E-state index contributed by atoms with van der Waals surface area (Å²) in [6.45, 7) is 17.6. The van der Waals surface area contributed by atoms with Crippen molar-refractivity contribution >= 4 is 65.8 Å². The predicted octanol–water partition coefficient (Wildman–Crippen LogP) is 3.51. The van der Waals surface area contributed by atoms with Crippen LogP contribution in [0.25, 0.3) is 0 Å². The van der Waals surface area contributed by atoms with Crippen molar-refractivity contribution < 1.29 is 87.7 Å². The van der Waals surface area contributed by atoms with Crippen LogP contribution in [-0.2, 0) is 96.2 Å². The summed E-state index contributed by atoms with van der Waals surface area (Å²) in [6, 6.07) is 14.3. The summed E-state index contributed by atoms with van der Waals surface area (Å²) in [6.07, 6.45) is -0.252. The van der Waals surface area contributed by atoms with E-state index in [9.17, 15) is 53.2 Å². The number of sulfonamides is 2. The molecule has 0 heterocycles. The van der Waals surface area contributed by atoms with Crippen LogP contribution in [0.2, 0.25) is 0 Å². The zero-order valence-corrected chi connectivity index (χ0v) is 48.2. The number of carbonyl (C=O) groups is 3. The molecule has 0 aromatic heterocycles. The number of rotatable bonds is 23. The number of hydrogen-bond acceptors (Lipinski definition) is 15. The fraction of sp³-hybridized carbons (Fsp3) is 0.471. The molecule has 3 radical (unpaired) electrons. The smallest absolute Gasteiger partial charge is 1.00 e. The average Bonchev–Trinajstić information content (AvgIpc) is 3.31.